The van der Waals surface area contributed by atoms with Crippen LogP contribution in [0.5, 0.6) is 0 Å². The molecule has 0 radical (unpaired) electrons. The molecule has 0 unspecified atom stereocenters. The first-order valence-corrected chi connectivity index (χ1v) is 11.1. The van der Waals surface area contributed by atoms with Crippen LogP contribution < -0.4 is 15.7 Å². The topological polar surface area (TPSA) is 88.4 Å². The molecular weight excluding hydrogens is 376 g/mol. The van der Waals surface area contributed by atoms with Gasteiger partial charge in [0, 0.05) is 23.7 Å². The van der Waals surface area contributed by atoms with E-state index in [9.17, 15) is 13.2 Å². The second-order valence-corrected chi connectivity index (χ2v) is 9.07. The van der Waals surface area contributed by atoms with Gasteiger partial charge in [0.05, 0.1) is 11.9 Å². The predicted octanol–water partition coefficient (Wildman–Crippen LogP) is 3.57. The molecule has 3 aromatic rings. The minimum atomic E-state index is -3.36. The van der Waals surface area contributed by atoms with E-state index in [4.69, 9.17) is 4.42 Å². The number of anilines is 2. The summed E-state index contributed by atoms with van der Waals surface area (Å²) < 4.78 is 31.0. The molecule has 0 atom stereocenters. The van der Waals surface area contributed by atoms with Gasteiger partial charge in [-0.3, -0.25) is 4.72 Å². The molecule has 1 heterocycles. The standard InChI is InChI=1S/C21H22N2O4S/c1-13-6-7-17(11-19(13)23-28(2,25)26)22-12-16-10-21(24)27-20-9-15-5-3-4-14(15)8-18(16)20/h6-11,22-23H,3-5,12H2,1-2H3. The molecule has 0 amide bonds. The number of nitrogens with one attached hydrogen (secondary N) is 2. The van der Waals surface area contributed by atoms with Crippen molar-refractivity contribution in [3.63, 3.8) is 0 Å². The van der Waals surface area contributed by atoms with Gasteiger partial charge in [0.2, 0.25) is 10.0 Å². The summed E-state index contributed by atoms with van der Waals surface area (Å²) in [5, 5.41) is 4.23. The molecule has 0 bridgehead atoms. The summed E-state index contributed by atoms with van der Waals surface area (Å²) in [4.78, 5) is 12.0. The Morgan fingerprint density at radius 2 is 1.82 bits per heavy atom. The molecule has 2 N–H and O–H groups in total. The van der Waals surface area contributed by atoms with Crippen LogP contribution in [0.2, 0.25) is 0 Å². The molecule has 146 valence electrons. The van der Waals surface area contributed by atoms with Crippen LogP contribution in [0.25, 0.3) is 11.0 Å². The first-order valence-electron chi connectivity index (χ1n) is 9.19. The third-order valence-electron chi connectivity index (χ3n) is 5.06. The summed E-state index contributed by atoms with van der Waals surface area (Å²) >= 11 is 0. The van der Waals surface area contributed by atoms with Crippen LogP contribution in [0.4, 0.5) is 11.4 Å². The van der Waals surface area contributed by atoms with Gasteiger partial charge in [-0.2, -0.15) is 0 Å². The number of benzene rings is 2. The lowest BCUT2D eigenvalue weighted by molar-refractivity contribution is 0.559. The van der Waals surface area contributed by atoms with Gasteiger partial charge < -0.3 is 9.73 Å². The lowest BCUT2D eigenvalue weighted by atomic mass is 10.0. The number of sulfonamides is 1. The number of rotatable bonds is 5. The Bertz CT molecular complexity index is 1230. The SMILES string of the molecule is Cc1ccc(NCc2cc(=O)oc3cc4c(cc23)CCC4)cc1NS(C)(=O)=O. The third-order valence-corrected chi connectivity index (χ3v) is 5.65. The maximum Gasteiger partial charge on any atom is 0.336 e. The summed E-state index contributed by atoms with van der Waals surface area (Å²) in [5.41, 5.74) is 5.81. The smallest absolute Gasteiger partial charge is 0.336 e. The Hall–Kier alpha value is -2.80. The van der Waals surface area contributed by atoms with Crippen molar-refractivity contribution in [2.45, 2.75) is 32.7 Å². The van der Waals surface area contributed by atoms with E-state index in [1.54, 1.807) is 6.07 Å². The van der Waals surface area contributed by atoms with E-state index in [0.29, 0.717) is 17.8 Å². The first-order chi connectivity index (χ1) is 13.3. The van der Waals surface area contributed by atoms with Gasteiger partial charge >= 0.3 is 5.63 Å². The number of aryl methyl sites for hydroxylation is 3. The van der Waals surface area contributed by atoms with Gasteiger partial charge in [0.1, 0.15) is 5.58 Å². The van der Waals surface area contributed by atoms with Gasteiger partial charge in [-0.1, -0.05) is 6.07 Å². The van der Waals surface area contributed by atoms with E-state index < -0.39 is 10.0 Å². The maximum atomic E-state index is 12.0. The summed E-state index contributed by atoms with van der Waals surface area (Å²) in [6.07, 6.45) is 4.33. The number of fused-ring (bicyclic) bond motifs is 2. The monoisotopic (exact) mass is 398 g/mol. The minimum absolute atomic E-state index is 0.370. The van der Waals surface area contributed by atoms with Crippen molar-refractivity contribution in [2.24, 2.45) is 0 Å². The fourth-order valence-electron chi connectivity index (χ4n) is 3.68. The van der Waals surface area contributed by atoms with Crippen molar-refractivity contribution in [3.8, 4) is 0 Å². The first kappa shape index (κ1) is 18.6. The Balaban J connectivity index is 1.64. The van der Waals surface area contributed by atoms with Crippen molar-refractivity contribution in [3.05, 3.63) is 69.1 Å². The summed E-state index contributed by atoms with van der Waals surface area (Å²) in [6.45, 7) is 2.27. The summed E-state index contributed by atoms with van der Waals surface area (Å²) in [5.74, 6) is 0. The molecule has 1 aliphatic rings. The van der Waals surface area contributed by atoms with Crippen LogP contribution in [0.15, 0.2) is 45.6 Å². The zero-order valence-electron chi connectivity index (χ0n) is 15.8. The van der Waals surface area contributed by atoms with Crippen molar-refractivity contribution in [1.82, 2.24) is 0 Å². The fourth-order valence-corrected chi connectivity index (χ4v) is 4.30. The normalized spacial score (nSPS) is 13.5. The van der Waals surface area contributed by atoms with Gasteiger partial charge in [0.25, 0.3) is 0 Å². The molecule has 6 nitrogen and oxygen atoms in total. The summed E-state index contributed by atoms with van der Waals surface area (Å²) in [6, 6.07) is 11.1. The van der Waals surface area contributed by atoms with E-state index in [2.05, 4.69) is 16.1 Å². The zero-order chi connectivity index (χ0) is 19.9. The van der Waals surface area contributed by atoms with Crippen LogP contribution in [0.1, 0.15) is 28.7 Å². The average molecular weight is 398 g/mol. The van der Waals surface area contributed by atoms with Crippen molar-refractivity contribution in [1.29, 1.82) is 0 Å². The second-order valence-electron chi connectivity index (χ2n) is 7.32. The van der Waals surface area contributed by atoms with Gasteiger partial charge in [-0.25, -0.2) is 13.2 Å². The Kier molecular flexibility index (Phi) is 4.63. The molecule has 1 aliphatic carbocycles. The van der Waals surface area contributed by atoms with E-state index in [1.807, 2.05) is 25.1 Å². The average Bonchev–Trinajstić information content (AvgIpc) is 3.06. The molecule has 4 rings (SSSR count). The second kappa shape index (κ2) is 6.98. The van der Waals surface area contributed by atoms with E-state index in [-0.39, 0.29) is 5.63 Å². The predicted molar refractivity (Wildman–Crippen MR) is 111 cm³/mol. The van der Waals surface area contributed by atoms with E-state index >= 15 is 0 Å². The Morgan fingerprint density at radius 1 is 1.07 bits per heavy atom. The molecule has 1 aromatic heterocycles. The lowest BCUT2D eigenvalue weighted by Crippen LogP contribution is -2.11. The largest absolute Gasteiger partial charge is 0.423 e. The zero-order valence-corrected chi connectivity index (χ0v) is 16.7. The Labute approximate surface area is 163 Å². The van der Waals surface area contributed by atoms with Crippen molar-refractivity contribution in [2.75, 3.05) is 16.3 Å². The van der Waals surface area contributed by atoms with Crippen molar-refractivity contribution >= 4 is 32.4 Å². The maximum absolute atomic E-state index is 12.0. The quantitative estimate of drug-likeness (QED) is 0.642. The minimum Gasteiger partial charge on any atom is -0.423 e. The van der Waals surface area contributed by atoms with Crippen LogP contribution >= 0.6 is 0 Å². The van der Waals surface area contributed by atoms with Crippen LogP contribution in [0.3, 0.4) is 0 Å². The van der Waals surface area contributed by atoms with Gasteiger partial charge in [0.15, 0.2) is 0 Å². The third kappa shape index (κ3) is 3.89. The summed E-state index contributed by atoms with van der Waals surface area (Å²) in [7, 11) is -3.36. The molecule has 7 heteroatoms. The van der Waals surface area contributed by atoms with E-state index in [1.165, 1.54) is 17.2 Å². The van der Waals surface area contributed by atoms with E-state index in [0.717, 1.165) is 47.7 Å². The fraction of sp³-hybridized carbons (Fsp3) is 0.286. The van der Waals surface area contributed by atoms with Gasteiger partial charge in [-0.05, 0) is 72.7 Å². The highest BCUT2D eigenvalue weighted by atomic mass is 32.2. The molecule has 0 aliphatic heterocycles. The van der Waals surface area contributed by atoms with Crippen molar-refractivity contribution < 1.29 is 12.8 Å². The molecule has 28 heavy (non-hydrogen) atoms. The number of hydrogen-bond donors (Lipinski definition) is 2. The molecule has 2 aromatic carbocycles. The Morgan fingerprint density at radius 3 is 2.57 bits per heavy atom. The molecule has 0 spiro atoms. The number of hydrogen-bond acceptors (Lipinski definition) is 5. The highest BCUT2D eigenvalue weighted by molar-refractivity contribution is 7.92. The molecule has 0 saturated heterocycles. The molecule has 0 fully saturated rings. The highest BCUT2D eigenvalue weighted by Crippen LogP contribution is 2.29. The van der Waals surface area contributed by atoms with Gasteiger partial charge in [-0.15, -0.1) is 0 Å². The lowest BCUT2D eigenvalue weighted by Gasteiger charge is -2.13. The van der Waals surface area contributed by atoms with Crippen LogP contribution in [-0.4, -0.2) is 14.7 Å². The molecular formula is C21H22N2O4S. The van der Waals surface area contributed by atoms with Crippen LogP contribution in [-0.2, 0) is 29.4 Å². The highest BCUT2D eigenvalue weighted by Gasteiger charge is 2.15. The van der Waals surface area contributed by atoms with Crippen LogP contribution in [0, 0.1) is 6.92 Å². The molecule has 0 saturated carbocycles.